The normalized spacial score (nSPS) is 21.7. The van der Waals surface area contributed by atoms with Crippen molar-refractivity contribution in [2.45, 2.75) is 58.3 Å². The maximum absolute atomic E-state index is 12.3. The maximum Gasteiger partial charge on any atom is 0.222 e. The van der Waals surface area contributed by atoms with Crippen molar-refractivity contribution >= 4 is 5.91 Å². The highest BCUT2D eigenvalue weighted by Gasteiger charge is 2.21. The van der Waals surface area contributed by atoms with E-state index in [9.17, 15) is 4.79 Å². The van der Waals surface area contributed by atoms with Crippen LogP contribution in [-0.4, -0.2) is 37.0 Å². The third-order valence-corrected chi connectivity index (χ3v) is 4.91. The first-order valence-electron chi connectivity index (χ1n) is 8.28. The third kappa shape index (κ3) is 4.79. The van der Waals surface area contributed by atoms with Gasteiger partial charge >= 0.3 is 0 Å². The summed E-state index contributed by atoms with van der Waals surface area (Å²) in [5.41, 5.74) is 0. The Morgan fingerprint density at radius 1 is 1.11 bits per heavy atom. The van der Waals surface area contributed by atoms with Crippen LogP contribution in [0.15, 0.2) is 0 Å². The van der Waals surface area contributed by atoms with Crippen LogP contribution in [0.3, 0.4) is 0 Å². The molecule has 1 N–H and O–H groups in total. The Kier molecular flexibility index (Phi) is 6.15. The molecule has 2 fully saturated rings. The van der Waals surface area contributed by atoms with E-state index in [1.54, 1.807) is 0 Å². The first-order chi connectivity index (χ1) is 9.29. The smallest absolute Gasteiger partial charge is 0.222 e. The van der Waals surface area contributed by atoms with Gasteiger partial charge in [-0.1, -0.05) is 25.7 Å². The van der Waals surface area contributed by atoms with Crippen LogP contribution < -0.4 is 5.32 Å². The van der Waals surface area contributed by atoms with Crippen molar-refractivity contribution in [3.63, 3.8) is 0 Å². The molecule has 0 unspecified atom stereocenters. The molecule has 0 atom stereocenters. The molecule has 0 aromatic rings. The highest BCUT2D eigenvalue weighted by atomic mass is 16.2. The summed E-state index contributed by atoms with van der Waals surface area (Å²) >= 11 is 0. The predicted octanol–water partition coefficient (Wildman–Crippen LogP) is 2.80. The molecule has 3 heteroatoms. The SMILES string of the molecule is CCN(CC1CCNCC1)C(=O)CCC1CCCC1. The molecule has 1 saturated carbocycles. The van der Waals surface area contributed by atoms with Crippen LogP contribution >= 0.6 is 0 Å². The molecule has 0 bridgehead atoms. The summed E-state index contributed by atoms with van der Waals surface area (Å²) in [6.07, 6.45) is 9.84. The van der Waals surface area contributed by atoms with Crippen LogP contribution in [0.5, 0.6) is 0 Å². The third-order valence-electron chi connectivity index (χ3n) is 4.91. The van der Waals surface area contributed by atoms with Crippen LogP contribution in [0.2, 0.25) is 0 Å². The summed E-state index contributed by atoms with van der Waals surface area (Å²) in [6, 6.07) is 0. The van der Waals surface area contributed by atoms with E-state index in [1.807, 2.05) is 0 Å². The second kappa shape index (κ2) is 7.88. The van der Waals surface area contributed by atoms with Gasteiger partial charge in [0.2, 0.25) is 5.91 Å². The van der Waals surface area contributed by atoms with Gasteiger partial charge in [-0.3, -0.25) is 4.79 Å². The monoisotopic (exact) mass is 266 g/mol. The Bertz CT molecular complexity index is 268. The number of nitrogens with zero attached hydrogens (tertiary/aromatic N) is 1. The maximum atomic E-state index is 12.3. The zero-order chi connectivity index (χ0) is 13.5. The Morgan fingerprint density at radius 3 is 2.42 bits per heavy atom. The minimum atomic E-state index is 0.396. The summed E-state index contributed by atoms with van der Waals surface area (Å²) in [4.78, 5) is 14.4. The lowest BCUT2D eigenvalue weighted by molar-refractivity contribution is -0.132. The molecule has 1 heterocycles. The molecular formula is C16H30N2O. The number of amides is 1. The summed E-state index contributed by atoms with van der Waals surface area (Å²) in [7, 11) is 0. The lowest BCUT2D eigenvalue weighted by atomic mass is 9.97. The second-order valence-electron chi connectivity index (χ2n) is 6.31. The first-order valence-corrected chi connectivity index (χ1v) is 8.28. The molecule has 110 valence electrons. The van der Waals surface area contributed by atoms with Gasteiger partial charge in [-0.25, -0.2) is 0 Å². The summed E-state index contributed by atoms with van der Waals surface area (Å²) in [5, 5.41) is 3.39. The zero-order valence-electron chi connectivity index (χ0n) is 12.5. The van der Waals surface area contributed by atoms with Crippen molar-refractivity contribution in [3.8, 4) is 0 Å². The van der Waals surface area contributed by atoms with E-state index in [-0.39, 0.29) is 0 Å². The Balaban J connectivity index is 1.70. The standard InChI is InChI=1S/C16H30N2O/c1-2-18(13-15-9-11-17-12-10-15)16(19)8-7-14-5-3-4-6-14/h14-15,17H,2-13H2,1H3. The number of hydrogen-bond donors (Lipinski definition) is 1. The van der Waals surface area contributed by atoms with Gasteiger partial charge in [0.05, 0.1) is 0 Å². The van der Waals surface area contributed by atoms with Gasteiger partial charge in [-0.05, 0) is 51.1 Å². The van der Waals surface area contributed by atoms with E-state index in [4.69, 9.17) is 0 Å². The Hall–Kier alpha value is -0.570. The molecule has 2 aliphatic rings. The molecule has 19 heavy (non-hydrogen) atoms. The molecule has 0 radical (unpaired) electrons. The lowest BCUT2D eigenvalue weighted by Crippen LogP contribution is -2.39. The van der Waals surface area contributed by atoms with Crippen LogP contribution in [0.4, 0.5) is 0 Å². The molecule has 2 rings (SSSR count). The van der Waals surface area contributed by atoms with Crippen molar-refractivity contribution < 1.29 is 4.79 Å². The van der Waals surface area contributed by atoms with Crippen molar-refractivity contribution in [3.05, 3.63) is 0 Å². The van der Waals surface area contributed by atoms with Crippen LogP contribution in [-0.2, 0) is 4.79 Å². The van der Waals surface area contributed by atoms with Crippen molar-refractivity contribution in [1.82, 2.24) is 10.2 Å². The van der Waals surface area contributed by atoms with Gasteiger partial charge < -0.3 is 10.2 Å². The zero-order valence-corrected chi connectivity index (χ0v) is 12.5. The molecule has 1 saturated heterocycles. The average Bonchev–Trinajstić information content (AvgIpc) is 2.96. The minimum absolute atomic E-state index is 0.396. The topological polar surface area (TPSA) is 32.3 Å². The van der Waals surface area contributed by atoms with E-state index < -0.39 is 0 Å². The molecular weight excluding hydrogens is 236 g/mol. The van der Waals surface area contributed by atoms with Crippen LogP contribution in [0.25, 0.3) is 0 Å². The summed E-state index contributed by atoms with van der Waals surface area (Å²) in [6.45, 7) is 6.24. The fourth-order valence-electron chi connectivity index (χ4n) is 3.57. The number of hydrogen-bond acceptors (Lipinski definition) is 2. The van der Waals surface area contributed by atoms with E-state index in [1.165, 1.54) is 38.5 Å². The number of piperidine rings is 1. The van der Waals surface area contributed by atoms with Gasteiger partial charge in [0.1, 0.15) is 0 Å². The van der Waals surface area contributed by atoms with Crippen molar-refractivity contribution in [2.24, 2.45) is 11.8 Å². The van der Waals surface area contributed by atoms with E-state index in [0.29, 0.717) is 5.91 Å². The minimum Gasteiger partial charge on any atom is -0.343 e. The number of rotatable bonds is 6. The lowest BCUT2D eigenvalue weighted by Gasteiger charge is -2.29. The van der Waals surface area contributed by atoms with Gasteiger partial charge in [-0.2, -0.15) is 0 Å². The summed E-state index contributed by atoms with van der Waals surface area (Å²) < 4.78 is 0. The van der Waals surface area contributed by atoms with Crippen molar-refractivity contribution in [2.75, 3.05) is 26.2 Å². The number of carbonyl (C=O) groups excluding carboxylic acids is 1. The van der Waals surface area contributed by atoms with E-state index >= 15 is 0 Å². The van der Waals surface area contributed by atoms with Crippen LogP contribution in [0, 0.1) is 11.8 Å². The van der Waals surface area contributed by atoms with E-state index in [2.05, 4.69) is 17.1 Å². The van der Waals surface area contributed by atoms with Gasteiger partial charge in [-0.15, -0.1) is 0 Å². The number of carbonyl (C=O) groups is 1. The first kappa shape index (κ1) is 14.8. The van der Waals surface area contributed by atoms with Gasteiger partial charge in [0, 0.05) is 19.5 Å². The van der Waals surface area contributed by atoms with Crippen LogP contribution in [0.1, 0.15) is 58.3 Å². The Morgan fingerprint density at radius 2 is 1.79 bits per heavy atom. The quantitative estimate of drug-likeness (QED) is 0.802. The van der Waals surface area contributed by atoms with Crippen molar-refractivity contribution in [1.29, 1.82) is 0 Å². The van der Waals surface area contributed by atoms with Gasteiger partial charge in [0.15, 0.2) is 0 Å². The Labute approximate surface area is 118 Å². The highest BCUT2D eigenvalue weighted by molar-refractivity contribution is 5.76. The molecule has 0 aromatic carbocycles. The fraction of sp³-hybridized carbons (Fsp3) is 0.938. The number of nitrogens with one attached hydrogen (secondary N) is 1. The second-order valence-corrected chi connectivity index (χ2v) is 6.31. The fourth-order valence-corrected chi connectivity index (χ4v) is 3.57. The largest absolute Gasteiger partial charge is 0.343 e. The average molecular weight is 266 g/mol. The molecule has 1 amide bonds. The molecule has 0 aromatic heterocycles. The highest BCUT2D eigenvalue weighted by Crippen LogP contribution is 2.28. The molecule has 1 aliphatic carbocycles. The van der Waals surface area contributed by atoms with Gasteiger partial charge in [0.25, 0.3) is 0 Å². The summed E-state index contributed by atoms with van der Waals surface area (Å²) in [5.74, 6) is 1.95. The predicted molar refractivity (Wildman–Crippen MR) is 79.0 cm³/mol. The molecule has 3 nitrogen and oxygen atoms in total. The van der Waals surface area contributed by atoms with E-state index in [0.717, 1.165) is 50.9 Å². The molecule has 1 aliphatic heterocycles. The molecule has 0 spiro atoms.